The highest BCUT2D eigenvalue weighted by Crippen LogP contribution is 2.16. The van der Waals surface area contributed by atoms with Gasteiger partial charge in [-0.05, 0) is 39.2 Å². The van der Waals surface area contributed by atoms with Crippen molar-refractivity contribution in [2.75, 3.05) is 7.11 Å². The van der Waals surface area contributed by atoms with E-state index in [1.54, 1.807) is 0 Å². The molecule has 0 spiro atoms. The molecule has 0 fully saturated rings. The lowest BCUT2D eigenvalue weighted by atomic mass is 9.97. The Balaban J connectivity index is 2.80. The molecule has 0 saturated carbocycles. The summed E-state index contributed by atoms with van der Waals surface area (Å²) in [5.74, 6) is -0.468. The van der Waals surface area contributed by atoms with E-state index in [0.717, 1.165) is 12.0 Å². The zero-order valence-corrected chi connectivity index (χ0v) is 14.9. The second kappa shape index (κ2) is 8.44. The standard InChI is InChI=1S/C17H27NO3S/c1-13(16(19)21-5)11-15(18-22(20)17(2,3)4)12-14-9-7-6-8-10-14/h6-10,13,15,18H,11-12H2,1-5H3. The number of hydrogen-bond acceptors (Lipinski definition) is 3. The molecule has 1 N–H and O–H groups in total. The van der Waals surface area contributed by atoms with E-state index in [1.165, 1.54) is 7.11 Å². The summed E-state index contributed by atoms with van der Waals surface area (Å²) < 4.78 is 20.0. The average molecular weight is 325 g/mol. The van der Waals surface area contributed by atoms with E-state index in [-0.39, 0.29) is 22.7 Å². The van der Waals surface area contributed by atoms with E-state index < -0.39 is 11.0 Å². The summed E-state index contributed by atoms with van der Waals surface area (Å²) in [5.41, 5.74) is 1.16. The number of carbonyl (C=O) groups excluding carboxylic acids is 1. The first-order chi connectivity index (χ1) is 10.2. The van der Waals surface area contributed by atoms with Gasteiger partial charge in [-0.15, -0.1) is 0 Å². The quantitative estimate of drug-likeness (QED) is 0.784. The first kappa shape index (κ1) is 18.8. The van der Waals surface area contributed by atoms with Crippen molar-refractivity contribution in [2.24, 2.45) is 5.92 Å². The molecule has 0 aliphatic carbocycles. The highest BCUT2D eigenvalue weighted by Gasteiger charge is 2.26. The molecule has 4 nitrogen and oxygen atoms in total. The van der Waals surface area contributed by atoms with Gasteiger partial charge in [0.15, 0.2) is 0 Å². The summed E-state index contributed by atoms with van der Waals surface area (Å²) in [5, 5.41) is 0. The molecule has 0 aliphatic heterocycles. The molecule has 0 aromatic heterocycles. The van der Waals surface area contributed by atoms with Crippen LogP contribution < -0.4 is 4.72 Å². The fraction of sp³-hybridized carbons (Fsp3) is 0.588. The molecule has 5 heteroatoms. The Kier molecular flexibility index (Phi) is 7.23. The van der Waals surface area contributed by atoms with Gasteiger partial charge in [0, 0.05) is 6.04 Å². The largest absolute Gasteiger partial charge is 0.469 e. The Labute approximate surface area is 136 Å². The minimum Gasteiger partial charge on any atom is -0.469 e. The van der Waals surface area contributed by atoms with Crippen LogP contribution in [0.5, 0.6) is 0 Å². The molecule has 0 aliphatic rings. The number of methoxy groups -OCH3 is 1. The van der Waals surface area contributed by atoms with Gasteiger partial charge in [0.25, 0.3) is 0 Å². The van der Waals surface area contributed by atoms with Gasteiger partial charge in [-0.25, -0.2) is 8.93 Å². The van der Waals surface area contributed by atoms with Gasteiger partial charge >= 0.3 is 5.97 Å². The second-order valence-electron chi connectivity index (χ2n) is 6.55. The third-order valence-electron chi connectivity index (χ3n) is 3.40. The van der Waals surface area contributed by atoms with E-state index >= 15 is 0 Å². The molecule has 1 rings (SSSR count). The van der Waals surface area contributed by atoms with Crippen molar-refractivity contribution < 1.29 is 13.7 Å². The molecule has 1 aromatic rings. The summed E-state index contributed by atoms with van der Waals surface area (Å²) in [4.78, 5) is 11.7. The predicted molar refractivity (Wildman–Crippen MR) is 90.8 cm³/mol. The molecule has 0 heterocycles. The summed E-state index contributed by atoms with van der Waals surface area (Å²) in [6, 6.07) is 9.97. The molecule has 3 atom stereocenters. The van der Waals surface area contributed by atoms with Crippen molar-refractivity contribution in [3.8, 4) is 0 Å². The van der Waals surface area contributed by atoms with Gasteiger partial charge in [0.2, 0.25) is 0 Å². The first-order valence-corrected chi connectivity index (χ1v) is 8.68. The lowest BCUT2D eigenvalue weighted by Crippen LogP contribution is -2.42. The number of benzene rings is 1. The Morgan fingerprint density at radius 2 is 1.86 bits per heavy atom. The molecule has 0 amide bonds. The molecule has 1 aromatic carbocycles. The summed E-state index contributed by atoms with van der Waals surface area (Å²) >= 11 is 0. The fourth-order valence-electron chi connectivity index (χ4n) is 2.12. The number of carbonyl (C=O) groups is 1. The van der Waals surface area contributed by atoms with Gasteiger partial charge in [-0.2, -0.15) is 0 Å². The van der Waals surface area contributed by atoms with E-state index in [4.69, 9.17) is 4.74 Å². The third kappa shape index (κ3) is 6.28. The van der Waals surface area contributed by atoms with Crippen LogP contribution in [-0.2, 0) is 26.9 Å². The molecule has 3 unspecified atom stereocenters. The van der Waals surface area contributed by atoms with Gasteiger partial charge in [-0.1, -0.05) is 37.3 Å². The van der Waals surface area contributed by atoms with Crippen LogP contribution in [0.2, 0.25) is 0 Å². The van der Waals surface area contributed by atoms with Crippen molar-refractivity contribution in [3.05, 3.63) is 35.9 Å². The number of hydrogen-bond donors (Lipinski definition) is 1. The average Bonchev–Trinajstić information content (AvgIpc) is 2.46. The van der Waals surface area contributed by atoms with Crippen molar-refractivity contribution in [3.63, 3.8) is 0 Å². The number of esters is 1. The monoisotopic (exact) mass is 325 g/mol. The summed E-state index contributed by atoms with van der Waals surface area (Å²) in [7, 11) is 0.220. The number of ether oxygens (including phenoxy) is 1. The van der Waals surface area contributed by atoms with E-state index in [9.17, 15) is 9.00 Å². The van der Waals surface area contributed by atoms with Crippen LogP contribution in [0.4, 0.5) is 0 Å². The normalized spacial score (nSPS) is 15.9. The Morgan fingerprint density at radius 3 is 2.36 bits per heavy atom. The van der Waals surface area contributed by atoms with Crippen LogP contribution in [0.15, 0.2) is 30.3 Å². The minimum atomic E-state index is -1.17. The molecule has 0 bridgehead atoms. The fourth-order valence-corrected chi connectivity index (χ4v) is 2.96. The van der Waals surface area contributed by atoms with Crippen LogP contribution in [0.25, 0.3) is 0 Å². The molecular formula is C17H27NO3S. The first-order valence-electron chi connectivity index (χ1n) is 7.54. The molecule has 0 radical (unpaired) electrons. The molecule has 0 saturated heterocycles. The van der Waals surface area contributed by atoms with Crippen molar-refractivity contribution in [2.45, 2.75) is 51.3 Å². The Morgan fingerprint density at radius 1 is 1.27 bits per heavy atom. The van der Waals surface area contributed by atoms with Crippen molar-refractivity contribution >= 4 is 17.0 Å². The highest BCUT2D eigenvalue weighted by atomic mass is 32.2. The maximum Gasteiger partial charge on any atom is 0.308 e. The van der Waals surface area contributed by atoms with Crippen molar-refractivity contribution in [1.82, 2.24) is 4.72 Å². The van der Waals surface area contributed by atoms with E-state index in [0.29, 0.717) is 6.42 Å². The maximum atomic E-state index is 12.4. The van der Waals surface area contributed by atoms with Crippen LogP contribution >= 0.6 is 0 Å². The van der Waals surface area contributed by atoms with Crippen LogP contribution in [0, 0.1) is 5.92 Å². The smallest absolute Gasteiger partial charge is 0.308 e. The zero-order chi connectivity index (χ0) is 16.8. The van der Waals surface area contributed by atoms with Crippen LogP contribution in [0.3, 0.4) is 0 Å². The summed E-state index contributed by atoms with van der Waals surface area (Å²) in [6.45, 7) is 7.63. The Bertz CT molecular complexity index is 496. The number of rotatable bonds is 7. The van der Waals surface area contributed by atoms with E-state index in [2.05, 4.69) is 4.72 Å². The van der Waals surface area contributed by atoms with E-state index in [1.807, 2.05) is 58.0 Å². The molecular weight excluding hydrogens is 298 g/mol. The van der Waals surface area contributed by atoms with Crippen LogP contribution in [-0.4, -0.2) is 28.1 Å². The molecule has 22 heavy (non-hydrogen) atoms. The summed E-state index contributed by atoms with van der Waals surface area (Å²) in [6.07, 6.45) is 1.31. The van der Waals surface area contributed by atoms with Gasteiger partial charge in [0.05, 0.1) is 28.8 Å². The van der Waals surface area contributed by atoms with Gasteiger partial charge in [0.1, 0.15) is 0 Å². The lowest BCUT2D eigenvalue weighted by Gasteiger charge is -2.25. The SMILES string of the molecule is COC(=O)C(C)CC(Cc1ccccc1)NS(=O)C(C)(C)C. The minimum absolute atomic E-state index is 0.0449. The molecule has 124 valence electrons. The maximum absolute atomic E-state index is 12.4. The Hall–Kier alpha value is -1.20. The number of nitrogens with one attached hydrogen (secondary N) is 1. The van der Waals surface area contributed by atoms with Crippen LogP contribution in [0.1, 0.15) is 39.7 Å². The predicted octanol–water partition coefficient (Wildman–Crippen LogP) is 2.85. The zero-order valence-electron chi connectivity index (χ0n) is 14.1. The van der Waals surface area contributed by atoms with Gasteiger partial charge in [-0.3, -0.25) is 4.79 Å². The van der Waals surface area contributed by atoms with Crippen molar-refractivity contribution in [1.29, 1.82) is 0 Å². The lowest BCUT2D eigenvalue weighted by molar-refractivity contribution is -0.145. The van der Waals surface area contributed by atoms with Gasteiger partial charge < -0.3 is 4.74 Å². The third-order valence-corrected chi connectivity index (χ3v) is 5.06. The topological polar surface area (TPSA) is 55.4 Å². The highest BCUT2D eigenvalue weighted by molar-refractivity contribution is 7.84. The second-order valence-corrected chi connectivity index (χ2v) is 8.54.